The van der Waals surface area contributed by atoms with Crippen LogP contribution in [-0.2, 0) is 9.53 Å². The van der Waals surface area contributed by atoms with Crippen molar-refractivity contribution in [3.05, 3.63) is 33.3 Å². The van der Waals surface area contributed by atoms with Crippen molar-refractivity contribution in [3.63, 3.8) is 0 Å². The number of carbonyl (C=O) groups is 1. The standard InChI is InChI=1S/C14H17BrClNO2/c1-19-14(18)13(17-10-4-2-3-5-10)9-6-7-11(15)12(16)8-9/h6-8,10,13,17H,2-5H2,1H3. The second kappa shape index (κ2) is 6.73. The van der Waals surface area contributed by atoms with Crippen LogP contribution in [0.4, 0.5) is 0 Å². The number of rotatable bonds is 4. The highest BCUT2D eigenvalue weighted by Crippen LogP contribution is 2.28. The third kappa shape index (κ3) is 3.71. The van der Waals surface area contributed by atoms with E-state index in [1.54, 1.807) is 6.07 Å². The molecule has 1 N–H and O–H groups in total. The summed E-state index contributed by atoms with van der Waals surface area (Å²) in [6.07, 6.45) is 4.65. The van der Waals surface area contributed by atoms with E-state index in [1.807, 2.05) is 12.1 Å². The van der Waals surface area contributed by atoms with Crippen LogP contribution in [0.25, 0.3) is 0 Å². The van der Waals surface area contributed by atoms with Crippen LogP contribution < -0.4 is 5.32 Å². The first-order chi connectivity index (χ1) is 9.11. The molecule has 0 bridgehead atoms. The topological polar surface area (TPSA) is 38.3 Å². The molecule has 1 aromatic carbocycles. The predicted octanol–water partition coefficient (Wildman–Crippen LogP) is 3.85. The van der Waals surface area contributed by atoms with E-state index in [0.717, 1.165) is 22.9 Å². The lowest BCUT2D eigenvalue weighted by molar-refractivity contribution is -0.143. The van der Waals surface area contributed by atoms with Crippen molar-refractivity contribution in [2.24, 2.45) is 0 Å². The van der Waals surface area contributed by atoms with Gasteiger partial charge in [-0.1, -0.05) is 30.5 Å². The highest BCUT2D eigenvalue weighted by Gasteiger charge is 2.26. The van der Waals surface area contributed by atoms with Gasteiger partial charge in [0.2, 0.25) is 0 Å². The number of nitrogens with one attached hydrogen (secondary N) is 1. The third-order valence-corrected chi connectivity index (χ3v) is 4.70. The summed E-state index contributed by atoms with van der Waals surface area (Å²) < 4.78 is 5.71. The second-order valence-electron chi connectivity index (χ2n) is 4.78. The molecule has 3 nitrogen and oxygen atoms in total. The van der Waals surface area contributed by atoms with Crippen molar-refractivity contribution in [1.29, 1.82) is 0 Å². The summed E-state index contributed by atoms with van der Waals surface area (Å²) in [7, 11) is 1.41. The Morgan fingerprint density at radius 2 is 2.16 bits per heavy atom. The van der Waals surface area contributed by atoms with Crippen LogP contribution >= 0.6 is 27.5 Å². The van der Waals surface area contributed by atoms with Crippen molar-refractivity contribution in [2.75, 3.05) is 7.11 Å². The summed E-state index contributed by atoms with van der Waals surface area (Å²) in [5.41, 5.74) is 0.840. The monoisotopic (exact) mass is 345 g/mol. The van der Waals surface area contributed by atoms with E-state index in [9.17, 15) is 4.79 Å². The number of esters is 1. The first-order valence-electron chi connectivity index (χ1n) is 6.40. The molecule has 1 unspecified atom stereocenters. The number of carbonyl (C=O) groups excluding carboxylic acids is 1. The lowest BCUT2D eigenvalue weighted by Crippen LogP contribution is -2.36. The maximum absolute atomic E-state index is 12.0. The van der Waals surface area contributed by atoms with E-state index < -0.39 is 6.04 Å². The van der Waals surface area contributed by atoms with Gasteiger partial charge in [-0.2, -0.15) is 0 Å². The summed E-state index contributed by atoms with van der Waals surface area (Å²) in [6, 6.07) is 5.48. The normalized spacial score (nSPS) is 17.4. The molecule has 1 atom stereocenters. The fourth-order valence-electron chi connectivity index (χ4n) is 2.44. The molecule has 1 aliphatic rings. The zero-order chi connectivity index (χ0) is 13.8. The molecule has 104 valence electrons. The minimum Gasteiger partial charge on any atom is -0.468 e. The second-order valence-corrected chi connectivity index (χ2v) is 6.04. The van der Waals surface area contributed by atoms with Gasteiger partial charge in [-0.15, -0.1) is 0 Å². The first kappa shape index (κ1) is 14.8. The van der Waals surface area contributed by atoms with Crippen molar-refractivity contribution in [1.82, 2.24) is 5.32 Å². The predicted molar refractivity (Wildman–Crippen MR) is 79.3 cm³/mol. The van der Waals surface area contributed by atoms with Gasteiger partial charge in [0.1, 0.15) is 6.04 Å². The summed E-state index contributed by atoms with van der Waals surface area (Å²) in [5.74, 6) is -0.273. The Labute approximate surface area is 126 Å². The molecule has 0 heterocycles. The molecule has 0 aromatic heterocycles. The largest absolute Gasteiger partial charge is 0.468 e. The lowest BCUT2D eigenvalue weighted by atomic mass is 10.1. The average molecular weight is 347 g/mol. The SMILES string of the molecule is COC(=O)C(NC1CCCC1)c1ccc(Br)c(Cl)c1. The molecule has 0 aliphatic heterocycles. The maximum atomic E-state index is 12.0. The molecule has 0 saturated heterocycles. The zero-order valence-electron chi connectivity index (χ0n) is 10.8. The quantitative estimate of drug-likeness (QED) is 0.842. The van der Waals surface area contributed by atoms with Gasteiger partial charge in [-0.3, -0.25) is 5.32 Å². The van der Waals surface area contributed by atoms with Gasteiger partial charge in [-0.05, 0) is 46.5 Å². The van der Waals surface area contributed by atoms with E-state index in [0.29, 0.717) is 11.1 Å². The summed E-state index contributed by atoms with van der Waals surface area (Å²) >= 11 is 9.45. The van der Waals surface area contributed by atoms with Crippen molar-refractivity contribution in [3.8, 4) is 0 Å². The molecular formula is C14H17BrClNO2. The molecule has 0 spiro atoms. The molecule has 19 heavy (non-hydrogen) atoms. The summed E-state index contributed by atoms with van der Waals surface area (Å²) in [6.45, 7) is 0. The zero-order valence-corrected chi connectivity index (χ0v) is 13.1. The van der Waals surface area contributed by atoms with E-state index in [-0.39, 0.29) is 5.97 Å². The minimum atomic E-state index is -0.446. The molecule has 0 radical (unpaired) electrons. The van der Waals surface area contributed by atoms with E-state index in [2.05, 4.69) is 21.2 Å². The first-order valence-corrected chi connectivity index (χ1v) is 7.57. The van der Waals surface area contributed by atoms with Crippen LogP contribution in [0, 0.1) is 0 Å². The Morgan fingerprint density at radius 3 is 2.74 bits per heavy atom. The molecule has 0 amide bonds. The number of benzene rings is 1. The fourth-order valence-corrected chi connectivity index (χ4v) is 2.87. The van der Waals surface area contributed by atoms with Gasteiger partial charge < -0.3 is 4.74 Å². The number of ether oxygens (including phenoxy) is 1. The molecular weight excluding hydrogens is 330 g/mol. The molecule has 5 heteroatoms. The summed E-state index contributed by atoms with van der Waals surface area (Å²) in [5, 5.41) is 3.98. The van der Waals surface area contributed by atoms with Crippen molar-refractivity contribution in [2.45, 2.75) is 37.8 Å². The van der Waals surface area contributed by atoms with E-state index in [4.69, 9.17) is 16.3 Å². The fraction of sp³-hybridized carbons (Fsp3) is 0.500. The van der Waals surface area contributed by atoms with Gasteiger partial charge >= 0.3 is 5.97 Å². The van der Waals surface area contributed by atoms with Crippen molar-refractivity contribution >= 4 is 33.5 Å². The maximum Gasteiger partial charge on any atom is 0.327 e. The number of halogens is 2. The number of hydrogen-bond acceptors (Lipinski definition) is 3. The minimum absolute atomic E-state index is 0.273. The molecule has 2 rings (SSSR count). The molecule has 1 aliphatic carbocycles. The number of methoxy groups -OCH3 is 1. The van der Waals surface area contributed by atoms with Crippen LogP contribution in [0.1, 0.15) is 37.3 Å². The van der Waals surface area contributed by atoms with Gasteiger partial charge in [-0.25, -0.2) is 4.79 Å². The van der Waals surface area contributed by atoms with E-state index >= 15 is 0 Å². The highest BCUT2D eigenvalue weighted by molar-refractivity contribution is 9.10. The smallest absolute Gasteiger partial charge is 0.327 e. The lowest BCUT2D eigenvalue weighted by Gasteiger charge is -2.21. The summed E-state index contributed by atoms with van der Waals surface area (Å²) in [4.78, 5) is 12.0. The average Bonchev–Trinajstić information content (AvgIpc) is 2.91. The van der Waals surface area contributed by atoms with Crippen LogP contribution in [0.2, 0.25) is 5.02 Å². The Kier molecular flexibility index (Phi) is 5.25. The van der Waals surface area contributed by atoms with Crippen LogP contribution in [0.3, 0.4) is 0 Å². The van der Waals surface area contributed by atoms with Crippen LogP contribution in [0.5, 0.6) is 0 Å². The Bertz CT molecular complexity index is 461. The van der Waals surface area contributed by atoms with E-state index in [1.165, 1.54) is 20.0 Å². The Hall–Kier alpha value is -0.580. The van der Waals surface area contributed by atoms with Gasteiger partial charge in [0.05, 0.1) is 12.1 Å². The molecule has 1 aromatic rings. The third-order valence-electron chi connectivity index (χ3n) is 3.47. The van der Waals surface area contributed by atoms with Crippen molar-refractivity contribution < 1.29 is 9.53 Å². The van der Waals surface area contributed by atoms with Gasteiger partial charge in [0.25, 0.3) is 0 Å². The molecule has 1 fully saturated rings. The van der Waals surface area contributed by atoms with Gasteiger partial charge in [0, 0.05) is 10.5 Å². The molecule has 1 saturated carbocycles. The van der Waals surface area contributed by atoms with Crippen LogP contribution in [0.15, 0.2) is 22.7 Å². The van der Waals surface area contributed by atoms with Gasteiger partial charge in [0.15, 0.2) is 0 Å². The van der Waals surface area contributed by atoms with Crippen LogP contribution in [-0.4, -0.2) is 19.1 Å². The Morgan fingerprint density at radius 1 is 1.47 bits per heavy atom. The Balaban J connectivity index is 2.20. The highest BCUT2D eigenvalue weighted by atomic mass is 79.9. The number of hydrogen-bond donors (Lipinski definition) is 1.